The standard InChI is InChI=1S/C26H29FN4O4S/c1-5-34-20-10-11-23(22(27)12-20)35-21-13-31(14-21)19-8-6-18(7-9-19)15(2)28-25(33)24-16(3)29-26(36-24)30-17(4)32/h6-12,15,21H,5,13-14H2,1-4H3,(H,28,33)(H,29,30,32)/t15-/m0/s1. The van der Waals surface area contributed by atoms with Gasteiger partial charge in [0.1, 0.15) is 16.7 Å². The number of rotatable bonds is 9. The van der Waals surface area contributed by atoms with Crippen LogP contribution in [0.4, 0.5) is 15.2 Å². The number of ether oxygens (including phenoxy) is 2. The zero-order valence-electron chi connectivity index (χ0n) is 20.6. The highest BCUT2D eigenvalue weighted by Gasteiger charge is 2.29. The van der Waals surface area contributed by atoms with E-state index in [1.54, 1.807) is 19.1 Å². The highest BCUT2D eigenvalue weighted by Crippen LogP contribution is 2.29. The SMILES string of the molecule is CCOc1ccc(OC2CN(c3ccc([C@H](C)NC(=O)c4sc(NC(C)=O)nc4C)cc3)C2)c(F)c1. The lowest BCUT2D eigenvalue weighted by molar-refractivity contribution is -0.114. The number of halogens is 1. The predicted octanol–water partition coefficient (Wildman–Crippen LogP) is 4.71. The van der Waals surface area contributed by atoms with Crippen LogP contribution < -0.4 is 25.0 Å². The van der Waals surface area contributed by atoms with Gasteiger partial charge in [-0.25, -0.2) is 9.37 Å². The van der Waals surface area contributed by atoms with Crippen LogP contribution in [0.5, 0.6) is 11.5 Å². The summed E-state index contributed by atoms with van der Waals surface area (Å²) in [4.78, 5) is 30.8. The number of anilines is 2. The van der Waals surface area contributed by atoms with Crippen LogP contribution in [0.15, 0.2) is 42.5 Å². The average Bonchev–Trinajstić information content (AvgIpc) is 3.16. The van der Waals surface area contributed by atoms with Crippen molar-refractivity contribution in [3.05, 3.63) is 64.4 Å². The van der Waals surface area contributed by atoms with Crippen LogP contribution >= 0.6 is 11.3 Å². The van der Waals surface area contributed by atoms with E-state index in [-0.39, 0.29) is 29.7 Å². The summed E-state index contributed by atoms with van der Waals surface area (Å²) in [5, 5.41) is 6.01. The van der Waals surface area contributed by atoms with Crippen molar-refractivity contribution in [2.24, 2.45) is 0 Å². The highest BCUT2D eigenvalue weighted by atomic mass is 32.1. The van der Waals surface area contributed by atoms with Gasteiger partial charge >= 0.3 is 0 Å². The average molecular weight is 513 g/mol. The lowest BCUT2D eigenvalue weighted by Crippen LogP contribution is -2.54. The molecule has 0 radical (unpaired) electrons. The minimum atomic E-state index is -0.431. The Morgan fingerprint density at radius 1 is 1.22 bits per heavy atom. The van der Waals surface area contributed by atoms with Crippen molar-refractivity contribution in [2.75, 3.05) is 29.9 Å². The number of benzene rings is 2. The van der Waals surface area contributed by atoms with Gasteiger partial charge in [0, 0.05) is 18.7 Å². The molecule has 0 aliphatic carbocycles. The Morgan fingerprint density at radius 2 is 1.94 bits per heavy atom. The van der Waals surface area contributed by atoms with Crippen LogP contribution in [-0.2, 0) is 4.79 Å². The number of aryl methyl sites for hydroxylation is 1. The van der Waals surface area contributed by atoms with E-state index in [0.29, 0.717) is 41.1 Å². The number of nitrogens with zero attached hydrogens (tertiary/aromatic N) is 2. The molecule has 190 valence electrons. The fourth-order valence-corrected chi connectivity index (χ4v) is 4.78. The van der Waals surface area contributed by atoms with Crippen LogP contribution in [-0.4, -0.2) is 42.6 Å². The van der Waals surface area contributed by atoms with Crippen molar-refractivity contribution in [3.8, 4) is 11.5 Å². The molecule has 3 aromatic rings. The van der Waals surface area contributed by atoms with Gasteiger partial charge in [-0.1, -0.05) is 23.5 Å². The quantitative estimate of drug-likeness (QED) is 0.432. The largest absolute Gasteiger partial charge is 0.494 e. The first-order chi connectivity index (χ1) is 17.2. The maximum absolute atomic E-state index is 14.2. The monoisotopic (exact) mass is 512 g/mol. The van der Waals surface area contributed by atoms with Crippen LogP contribution in [0.3, 0.4) is 0 Å². The molecule has 2 aromatic carbocycles. The van der Waals surface area contributed by atoms with Crippen molar-refractivity contribution in [1.82, 2.24) is 10.3 Å². The molecule has 1 atom stereocenters. The van der Waals surface area contributed by atoms with Crippen LogP contribution in [0.2, 0.25) is 0 Å². The summed E-state index contributed by atoms with van der Waals surface area (Å²) < 4.78 is 25.3. The van der Waals surface area contributed by atoms with Crippen LogP contribution in [0, 0.1) is 12.7 Å². The zero-order valence-corrected chi connectivity index (χ0v) is 21.4. The van der Waals surface area contributed by atoms with E-state index in [0.717, 1.165) is 22.6 Å². The first-order valence-corrected chi connectivity index (χ1v) is 12.5. The first kappa shape index (κ1) is 25.4. The Hall–Kier alpha value is -3.66. The summed E-state index contributed by atoms with van der Waals surface area (Å²) in [5.74, 6) is -0.182. The fraction of sp³-hybridized carbons (Fsp3) is 0.346. The number of thiazole rings is 1. The molecule has 10 heteroatoms. The normalized spacial score (nSPS) is 14.1. The topological polar surface area (TPSA) is 92.8 Å². The van der Waals surface area contributed by atoms with Crippen molar-refractivity contribution < 1.29 is 23.5 Å². The number of hydrogen-bond donors (Lipinski definition) is 2. The van der Waals surface area contributed by atoms with Gasteiger partial charge in [0.2, 0.25) is 5.91 Å². The summed E-state index contributed by atoms with van der Waals surface area (Å²) in [6.07, 6.45) is -0.0969. The first-order valence-electron chi connectivity index (χ1n) is 11.7. The Bertz CT molecular complexity index is 1240. The molecule has 4 rings (SSSR count). The molecule has 2 heterocycles. The van der Waals surface area contributed by atoms with Gasteiger partial charge in [0.05, 0.1) is 31.4 Å². The van der Waals surface area contributed by atoms with E-state index in [2.05, 4.69) is 20.5 Å². The summed E-state index contributed by atoms with van der Waals surface area (Å²) in [7, 11) is 0. The minimum Gasteiger partial charge on any atom is -0.494 e. The molecule has 1 aromatic heterocycles. The Balaban J connectivity index is 1.29. The molecule has 0 saturated carbocycles. The number of amides is 2. The number of nitrogens with one attached hydrogen (secondary N) is 2. The van der Waals surface area contributed by atoms with Gasteiger partial charge in [0.25, 0.3) is 5.91 Å². The van der Waals surface area contributed by atoms with Crippen molar-refractivity contribution in [2.45, 2.75) is 39.8 Å². The van der Waals surface area contributed by atoms with Gasteiger partial charge in [0.15, 0.2) is 16.7 Å². The Labute approximate surface area is 213 Å². The second-order valence-corrected chi connectivity index (χ2v) is 9.57. The van der Waals surface area contributed by atoms with Crippen molar-refractivity contribution >= 4 is 34.0 Å². The summed E-state index contributed by atoms with van der Waals surface area (Å²) in [6.45, 7) is 8.69. The van der Waals surface area contributed by atoms with E-state index >= 15 is 0 Å². The molecule has 0 bridgehead atoms. The van der Waals surface area contributed by atoms with Crippen molar-refractivity contribution in [3.63, 3.8) is 0 Å². The van der Waals surface area contributed by atoms with Gasteiger partial charge in [-0.3, -0.25) is 9.59 Å². The van der Waals surface area contributed by atoms with E-state index in [1.807, 2.05) is 38.1 Å². The third kappa shape index (κ3) is 5.93. The Kier molecular flexibility index (Phi) is 7.73. The lowest BCUT2D eigenvalue weighted by atomic mass is 10.1. The second-order valence-electron chi connectivity index (χ2n) is 8.57. The fourth-order valence-electron chi connectivity index (χ4n) is 3.87. The molecular formula is C26H29FN4O4S. The molecule has 1 saturated heterocycles. The summed E-state index contributed by atoms with van der Waals surface area (Å²) >= 11 is 1.15. The van der Waals surface area contributed by atoms with Gasteiger partial charge in [-0.15, -0.1) is 0 Å². The molecule has 1 fully saturated rings. The second kappa shape index (κ2) is 10.9. The number of carbonyl (C=O) groups excluding carboxylic acids is 2. The lowest BCUT2D eigenvalue weighted by Gasteiger charge is -2.40. The Morgan fingerprint density at radius 3 is 2.58 bits per heavy atom. The maximum Gasteiger partial charge on any atom is 0.263 e. The predicted molar refractivity (Wildman–Crippen MR) is 138 cm³/mol. The molecule has 2 N–H and O–H groups in total. The molecule has 2 amide bonds. The van der Waals surface area contributed by atoms with Gasteiger partial charge in [-0.05, 0) is 50.6 Å². The van der Waals surface area contributed by atoms with Gasteiger partial charge < -0.3 is 25.0 Å². The van der Waals surface area contributed by atoms with E-state index in [1.165, 1.54) is 13.0 Å². The van der Waals surface area contributed by atoms with E-state index in [4.69, 9.17) is 9.47 Å². The smallest absolute Gasteiger partial charge is 0.263 e. The van der Waals surface area contributed by atoms with E-state index < -0.39 is 5.82 Å². The minimum absolute atomic E-state index is 0.0969. The molecule has 1 aliphatic heterocycles. The van der Waals surface area contributed by atoms with Crippen LogP contribution in [0.1, 0.15) is 47.7 Å². The molecule has 1 aliphatic rings. The third-order valence-corrected chi connectivity index (χ3v) is 6.82. The third-order valence-electron chi connectivity index (χ3n) is 5.75. The molecular weight excluding hydrogens is 483 g/mol. The highest BCUT2D eigenvalue weighted by molar-refractivity contribution is 7.17. The number of hydrogen-bond acceptors (Lipinski definition) is 7. The molecule has 0 spiro atoms. The molecule has 36 heavy (non-hydrogen) atoms. The van der Waals surface area contributed by atoms with Crippen molar-refractivity contribution in [1.29, 1.82) is 0 Å². The molecule has 8 nitrogen and oxygen atoms in total. The summed E-state index contributed by atoms with van der Waals surface area (Å²) in [6, 6.07) is 12.4. The van der Waals surface area contributed by atoms with E-state index in [9.17, 15) is 14.0 Å². The zero-order chi connectivity index (χ0) is 25.8. The number of carbonyl (C=O) groups is 2. The molecule has 0 unspecified atom stereocenters. The van der Waals surface area contributed by atoms with Crippen LogP contribution in [0.25, 0.3) is 0 Å². The number of aromatic nitrogens is 1. The summed E-state index contributed by atoms with van der Waals surface area (Å²) in [5.41, 5.74) is 2.56. The van der Waals surface area contributed by atoms with Gasteiger partial charge in [-0.2, -0.15) is 0 Å². The maximum atomic E-state index is 14.2.